The Bertz CT molecular complexity index is 707. The molecular formula is C19H23N3O2. The van der Waals surface area contributed by atoms with Gasteiger partial charge in [-0.15, -0.1) is 0 Å². The number of carbonyl (C=O) groups is 1. The van der Waals surface area contributed by atoms with Gasteiger partial charge in [-0.1, -0.05) is 17.7 Å². The highest BCUT2D eigenvalue weighted by molar-refractivity contribution is 5.92. The molecule has 0 bridgehead atoms. The molecule has 1 aliphatic rings. The first kappa shape index (κ1) is 16.3. The van der Waals surface area contributed by atoms with Crippen LogP contribution in [0.25, 0.3) is 0 Å². The number of hydrogen-bond donors (Lipinski definition) is 1. The SMILES string of the molecule is COc1ccc(C)cc1CC(=O)Nc1ccc(N2CCCC2)nc1. The summed E-state index contributed by atoms with van der Waals surface area (Å²) in [6, 6.07) is 9.72. The molecule has 1 saturated heterocycles. The smallest absolute Gasteiger partial charge is 0.228 e. The second-order valence-electron chi connectivity index (χ2n) is 6.14. The lowest BCUT2D eigenvalue weighted by molar-refractivity contribution is -0.115. The van der Waals surface area contributed by atoms with Gasteiger partial charge in [-0.05, 0) is 38.0 Å². The molecule has 1 amide bonds. The van der Waals surface area contributed by atoms with Crippen LogP contribution in [0.1, 0.15) is 24.0 Å². The molecule has 1 N–H and O–H groups in total. The Hall–Kier alpha value is -2.56. The van der Waals surface area contributed by atoms with Gasteiger partial charge < -0.3 is 15.0 Å². The van der Waals surface area contributed by atoms with Gasteiger partial charge in [-0.2, -0.15) is 0 Å². The molecule has 0 atom stereocenters. The van der Waals surface area contributed by atoms with Gasteiger partial charge >= 0.3 is 0 Å². The first-order valence-electron chi connectivity index (χ1n) is 8.30. The fraction of sp³-hybridized carbons (Fsp3) is 0.368. The van der Waals surface area contributed by atoms with Gasteiger partial charge in [0.1, 0.15) is 11.6 Å². The van der Waals surface area contributed by atoms with Crippen LogP contribution >= 0.6 is 0 Å². The van der Waals surface area contributed by atoms with E-state index in [2.05, 4.69) is 15.2 Å². The maximum atomic E-state index is 12.3. The average molecular weight is 325 g/mol. The van der Waals surface area contributed by atoms with Crippen LogP contribution in [-0.4, -0.2) is 31.1 Å². The molecule has 2 heterocycles. The summed E-state index contributed by atoms with van der Waals surface area (Å²) >= 11 is 0. The number of methoxy groups -OCH3 is 1. The predicted molar refractivity (Wildman–Crippen MR) is 95.7 cm³/mol. The van der Waals surface area contributed by atoms with Crippen LogP contribution in [0.3, 0.4) is 0 Å². The van der Waals surface area contributed by atoms with E-state index < -0.39 is 0 Å². The lowest BCUT2D eigenvalue weighted by atomic mass is 10.1. The summed E-state index contributed by atoms with van der Waals surface area (Å²) in [6.45, 7) is 4.12. The molecule has 1 aromatic carbocycles. The number of pyridine rings is 1. The van der Waals surface area contributed by atoms with Gasteiger partial charge in [0.2, 0.25) is 5.91 Å². The van der Waals surface area contributed by atoms with Gasteiger partial charge in [0, 0.05) is 18.7 Å². The second kappa shape index (κ2) is 7.34. The van der Waals surface area contributed by atoms with E-state index >= 15 is 0 Å². The third kappa shape index (κ3) is 3.85. The van der Waals surface area contributed by atoms with Gasteiger partial charge in [0.05, 0.1) is 25.4 Å². The van der Waals surface area contributed by atoms with Crippen molar-refractivity contribution in [2.75, 3.05) is 30.4 Å². The molecule has 24 heavy (non-hydrogen) atoms. The highest BCUT2D eigenvalue weighted by atomic mass is 16.5. The van der Waals surface area contributed by atoms with Crippen molar-refractivity contribution < 1.29 is 9.53 Å². The van der Waals surface area contributed by atoms with E-state index in [-0.39, 0.29) is 12.3 Å². The van der Waals surface area contributed by atoms with E-state index in [9.17, 15) is 4.79 Å². The molecule has 0 spiro atoms. The molecule has 0 radical (unpaired) electrons. The molecule has 1 aliphatic heterocycles. The molecule has 1 fully saturated rings. The standard InChI is InChI=1S/C19H23N3O2/c1-14-5-7-17(24-2)15(11-14)12-19(23)21-16-6-8-18(20-13-16)22-9-3-4-10-22/h5-8,11,13H,3-4,9-10,12H2,1-2H3,(H,21,23). The molecule has 5 heteroatoms. The quantitative estimate of drug-likeness (QED) is 0.917. The number of carbonyl (C=O) groups excluding carboxylic acids is 1. The lowest BCUT2D eigenvalue weighted by Crippen LogP contribution is -2.19. The van der Waals surface area contributed by atoms with Gasteiger partial charge in [0.15, 0.2) is 0 Å². The van der Waals surface area contributed by atoms with Crippen LogP contribution in [-0.2, 0) is 11.2 Å². The van der Waals surface area contributed by atoms with Crippen LogP contribution in [0.4, 0.5) is 11.5 Å². The van der Waals surface area contributed by atoms with E-state index in [1.54, 1.807) is 13.3 Å². The molecule has 3 rings (SSSR count). The van der Waals surface area contributed by atoms with Crippen LogP contribution in [0.2, 0.25) is 0 Å². The first-order chi connectivity index (χ1) is 11.7. The summed E-state index contributed by atoms with van der Waals surface area (Å²) in [5, 5.41) is 2.90. The highest BCUT2D eigenvalue weighted by Gasteiger charge is 2.14. The van der Waals surface area contributed by atoms with Gasteiger partial charge in [0.25, 0.3) is 0 Å². The topological polar surface area (TPSA) is 54.5 Å². The largest absolute Gasteiger partial charge is 0.496 e. The Labute approximate surface area is 142 Å². The number of benzene rings is 1. The monoisotopic (exact) mass is 325 g/mol. The maximum Gasteiger partial charge on any atom is 0.228 e. The third-order valence-corrected chi connectivity index (χ3v) is 4.25. The average Bonchev–Trinajstić information content (AvgIpc) is 3.10. The van der Waals surface area contributed by atoms with E-state index in [4.69, 9.17) is 4.74 Å². The minimum atomic E-state index is -0.0744. The number of aromatic nitrogens is 1. The normalized spacial score (nSPS) is 13.8. The molecule has 2 aromatic rings. The van der Waals surface area contributed by atoms with Crippen molar-refractivity contribution in [2.45, 2.75) is 26.2 Å². The van der Waals surface area contributed by atoms with Crippen LogP contribution < -0.4 is 15.0 Å². The van der Waals surface area contributed by atoms with Gasteiger partial charge in [-0.25, -0.2) is 4.98 Å². The number of ether oxygens (including phenoxy) is 1. The number of hydrogen-bond acceptors (Lipinski definition) is 4. The van der Waals surface area contributed by atoms with Crippen molar-refractivity contribution in [3.63, 3.8) is 0 Å². The van der Waals surface area contributed by atoms with Crippen molar-refractivity contribution in [3.05, 3.63) is 47.7 Å². The number of nitrogens with one attached hydrogen (secondary N) is 1. The molecule has 0 unspecified atom stereocenters. The summed E-state index contributed by atoms with van der Waals surface area (Å²) in [7, 11) is 1.62. The third-order valence-electron chi connectivity index (χ3n) is 4.25. The van der Waals surface area contributed by atoms with Crippen LogP contribution in [0.5, 0.6) is 5.75 Å². The minimum Gasteiger partial charge on any atom is -0.496 e. The zero-order valence-corrected chi connectivity index (χ0v) is 14.2. The number of amides is 1. The summed E-state index contributed by atoms with van der Waals surface area (Å²) in [6.07, 6.45) is 4.44. The van der Waals surface area contributed by atoms with Crippen molar-refractivity contribution in [2.24, 2.45) is 0 Å². The lowest BCUT2D eigenvalue weighted by Gasteiger charge is -2.16. The Balaban J connectivity index is 1.63. The van der Waals surface area contributed by atoms with Crippen LogP contribution in [0, 0.1) is 6.92 Å². The molecule has 5 nitrogen and oxygen atoms in total. The zero-order chi connectivity index (χ0) is 16.9. The van der Waals surface area contributed by atoms with E-state index in [0.29, 0.717) is 0 Å². The molecule has 126 valence electrons. The van der Waals surface area contributed by atoms with Crippen molar-refractivity contribution in [3.8, 4) is 5.75 Å². The Kier molecular flexibility index (Phi) is 4.99. The van der Waals surface area contributed by atoms with Crippen molar-refractivity contribution in [1.29, 1.82) is 0 Å². The van der Waals surface area contributed by atoms with Gasteiger partial charge in [-0.3, -0.25) is 4.79 Å². The Morgan fingerprint density at radius 1 is 1.25 bits per heavy atom. The summed E-state index contributed by atoms with van der Waals surface area (Å²) < 4.78 is 5.33. The molecule has 0 aliphatic carbocycles. The second-order valence-corrected chi connectivity index (χ2v) is 6.14. The molecule has 0 saturated carbocycles. The molecular weight excluding hydrogens is 302 g/mol. The zero-order valence-electron chi connectivity index (χ0n) is 14.2. The predicted octanol–water partition coefficient (Wildman–Crippen LogP) is 3.18. The van der Waals surface area contributed by atoms with E-state index in [0.717, 1.165) is 41.5 Å². The number of anilines is 2. The summed E-state index contributed by atoms with van der Waals surface area (Å²) in [5.74, 6) is 1.64. The fourth-order valence-electron chi connectivity index (χ4n) is 3.02. The van der Waals surface area contributed by atoms with Crippen LogP contribution in [0.15, 0.2) is 36.5 Å². The Morgan fingerprint density at radius 3 is 2.71 bits per heavy atom. The van der Waals surface area contributed by atoms with E-state index in [1.165, 1.54) is 12.8 Å². The van der Waals surface area contributed by atoms with Crippen molar-refractivity contribution in [1.82, 2.24) is 4.98 Å². The maximum absolute atomic E-state index is 12.3. The summed E-state index contributed by atoms with van der Waals surface area (Å²) in [4.78, 5) is 19.0. The summed E-state index contributed by atoms with van der Waals surface area (Å²) in [5.41, 5.74) is 2.71. The molecule has 1 aromatic heterocycles. The highest BCUT2D eigenvalue weighted by Crippen LogP contribution is 2.22. The number of rotatable bonds is 5. The minimum absolute atomic E-state index is 0.0744. The number of aryl methyl sites for hydroxylation is 1. The van der Waals surface area contributed by atoms with Crippen molar-refractivity contribution >= 4 is 17.4 Å². The Morgan fingerprint density at radius 2 is 2.04 bits per heavy atom. The fourth-order valence-corrected chi connectivity index (χ4v) is 3.02. The number of nitrogens with zero attached hydrogens (tertiary/aromatic N) is 2. The van der Waals surface area contributed by atoms with E-state index in [1.807, 2.05) is 37.3 Å². The first-order valence-corrected chi connectivity index (χ1v) is 8.30.